The molecule has 1 aromatic carbocycles. The molecule has 0 atom stereocenters. The summed E-state index contributed by atoms with van der Waals surface area (Å²) < 4.78 is 7.42. The Kier molecular flexibility index (Phi) is 4.28. The van der Waals surface area contributed by atoms with Crippen LogP contribution >= 0.6 is 0 Å². The predicted molar refractivity (Wildman–Crippen MR) is 68.9 cm³/mol. The van der Waals surface area contributed by atoms with Crippen LogP contribution in [0.15, 0.2) is 24.3 Å². The van der Waals surface area contributed by atoms with Gasteiger partial charge in [0.2, 0.25) is 0 Å². The van der Waals surface area contributed by atoms with Gasteiger partial charge in [-0.3, -0.25) is 0 Å². The zero-order valence-corrected chi connectivity index (χ0v) is 10.8. The van der Waals surface area contributed by atoms with E-state index in [4.69, 9.17) is 4.74 Å². The minimum atomic E-state index is 0.746. The Balaban J connectivity index is 2.16. The highest BCUT2D eigenvalue weighted by atomic mass is 16.5. The van der Waals surface area contributed by atoms with E-state index >= 15 is 0 Å². The summed E-state index contributed by atoms with van der Waals surface area (Å²) in [5.74, 6) is 1.71. The molecule has 0 radical (unpaired) electrons. The van der Waals surface area contributed by atoms with E-state index in [1.54, 1.807) is 4.68 Å². The molecule has 2 aromatic rings. The van der Waals surface area contributed by atoms with Crippen LogP contribution in [0.5, 0.6) is 5.75 Å². The summed E-state index contributed by atoms with van der Waals surface area (Å²) in [6.07, 6.45) is 3.00. The Morgan fingerprint density at radius 3 is 2.94 bits per heavy atom. The number of benzene rings is 1. The first-order chi connectivity index (χ1) is 8.85. The summed E-state index contributed by atoms with van der Waals surface area (Å²) in [5.41, 5.74) is 0.936. The Hall–Kier alpha value is -1.91. The molecule has 0 aliphatic rings. The van der Waals surface area contributed by atoms with Crippen LogP contribution in [-0.2, 0) is 6.42 Å². The molecule has 1 aromatic heterocycles. The fourth-order valence-corrected chi connectivity index (χ4v) is 1.67. The second kappa shape index (κ2) is 6.14. The fourth-order valence-electron chi connectivity index (χ4n) is 1.67. The standard InChI is InChI=1S/C13H18N4O/c1-3-5-9-18-12-8-6-7-11(10-12)17-13(4-2)14-15-16-17/h6-8,10H,3-5,9H2,1-2H3. The van der Waals surface area contributed by atoms with Gasteiger partial charge in [-0.05, 0) is 29.0 Å². The maximum atomic E-state index is 5.68. The van der Waals surface area contributed by atoms with Crippen molar-refractivity contribution in [1.29, 1.82) is 0 Å². The smallest absolute Gasteiger partial charge is 0.156 e. The van der Waals surface area contributed by atoms with Crippen molar-refractivity contribution in [1.82, 2.24) is 20.2 Å². The topological polar surface area (TPSA) is 52.8 Å². The molecule has 0 N–H and O–H groups in total. The van der Waals surface area contributed by atoms with Crippen molar-refractivity contribution in [3.05, 3.63) is 30.1 Å². The van der Waals surface area contributed by atoms with E-state index in [1.807, 2.05) is 31.2 Å². The number of rotatable bonds is 6. The van der Waals surface area contributed by atoms with Gasteiger partial charge in [0, 0.05) is 12.5 Å². The van der Waals surface area contributed by atoms with E-state index in [0.29, 0.717) is 0 Å². The van der Waals surface area contributed by atoms with Crippen molar-refractivity contribution in [2.75, 3.05) is 6.61 Å². The van der Waals surface area contributed by atoms with Gasteiger partial charge in [-0.15, -0.1) is 5.10 Å². The summed E-state index contributed by atoms with van der Waals surface area (Å²) in [4.78, 5) is 0. The van der Waals surface area contributed by atoms with Gasteiger partial charge < -0.3 is 4.74 Å². The lowest BCUT2D eigenvalue weighted by Gasteiger charge is -2.08. The van der Waals surface area contributed by atoms with E-state index in [-0.39, 0.29) is 0 Å². The highest BCUT2D eigenvalue weighted by molar-refractivity contribution is 5.38. The number of unbranched alkanes of at least 4 members (excludes halogenated alkanes) is 1. The molecule has 0 bridgehead atoms. The van der Waals surface area contributed by atoms with Gasteiger partial charge in [0.1, 0.15) is 5.75 Å². The lowest BCUT2D eigenvalue weighted by Crippen LogP contribution is -2.03. The van der Waals surface area contributed by atoms with Gasteiger partial charge in [0.05, 0.1) is 12.3 Å². The van der Waals surface area contributed by atoms with Gasteiger partial charge in [-0.25, -0.2) is 0 Å². The summed E-state index contributed by atoms with van der Waals surface area (Å²) in [6, 6.07) is 7.85. The van der Waals surface area contributed by atoms with Crippen LogP contribution in [0.1, 0.15) is 32.5 Å². The maximum absolute atomic E-state index is 5.68. The molecule has 2 rings (SSSR count). The molecule has 0 unspecified atom stereocenters. The highest BCUT2D eigenvalue weighted by Gasteiger charge is 2.06. The van der Waals surface area contributed by atoms with Crippen molar-refractivity contribution in [3.8, 4) is 11.4 Å². The molecule has 0 spiro atoms. The minimum Gasteiger partial charge on any atom is -0.494 e. The normalized spacial score (nSPS) is 10.6. The third-order valence-electron chi connectivity index (χ3n) is 2.68. The summed E-state index contributed by atoms with van der Waals surface area (Å²) in [6.45, 7) is 4.92. The highest BCUT2D eigenvalue weighted by Crippen LogP contribution is 2.17. The number of nitrogens with zero attached hydrogens (tertiary/aromatic N) is 4. The molecule has 1 heterocycles. The average molecular weight is 246 g/mol. The van der Waals surface area contributed by atoms with Crippen molar-refractivity contribution < 1.29 is 4.74 Å². The van der Waals surface area contributed by atoms with Crippen LogP contribution in [-0.4, -0.2) is 26.8 Å². The van der Waals surface area contributed by atoms with Gasteiger partial charge in [0.15, 0.2) is 5.82 Å². The first kappa shape index (κ1) is 12.5. The van der Waals surface area contributed by atoms with E-state index < -0.39 is 0 Å². The SMILES string of the molecule is CCCCOc1cccc(-n2nnnc2CC)c1. The van der Waals surface area contributed by atoms with Crippen LogP contribution in [0.25, 0.3) is 5.69 Å². The molecular weight excluding hydrogens is 228 g/mol. The first-order valence-electron chi connectivity index (χ1n) is 6.35. The summed E-state index contributed by atoms with van der Waals surface area (Å²) >= 11 is 0. The van der Waals surface area contributed by atoms with Crippen molar-refractivity contribution >= 4 is 0 Å². The van der Waals surface area contributed by atoms with Gasteiger partial charge in [-0.1, -0.05) is 26.3 Å². The monoisotopic (exact) mass is 246 g/mol. The van der Waals surface area contributed by atoms with Gasteiger partial charge >= 0.3 is 0 Å². The predicted octanol–water partition coefficient (Wildman–Crippen LogP) is 2.40. The molecule has 0 fully saturated rings. The van der Waals surface area contributed by atoms with E-state index in [9.17, 15) is 0 Å². The molecule has 5 heteroatoms. The molecule has 18 heavy (non-hydrogen) atoms. The van der Waals surface area contributed by atoms with Crippen LogP contribution < -0.4 is 4.74 Å². The summed E-state index contributed by atoms with van der Waals surface area (Å²) in [5, 5.41) is 11.7. The third kappa shape index (κ3) is 2.85. The molecule has 5 nitrogen and oxygen atoms in total. The Morgan fingerprint density at radius 2 is 2.17 bits per heavy atom. The van der Waals surface area contributed by atoms with E-state index in [2.05, 4.69) is 22.4 Å². The van der Waals surface area contributed by atoms with Crippen molar-refractivity contribution in [2.24, 2.45) is 0 Å². The second-order valence-corrected chi connectivity index (χ2v) is 4.06. The molecular formula is C13H18N4O. The average Bonchev–Trinajstić information content (AvgIpc) is 2.88. The largest absolute Gasteiger partial charge is 0.494 e. The lowest BCUT2D eigenvalue weighted by molar-refractivity contribution is 0.309. The zero-order chi connectivity index (χ0) is 12.8. The number of aryl methyl sites for hydroxylation is 1. The molecule has 0 aliphatic carbocycles. The fraction of sp³-hybridized carbons (Fsp3) is 0.462. The zero-order valence-electron chi connectivity index (χ0n) is 10.8. The quantitative estimate of drug-likeness (QED) is 0.734. The Bertz CT molecular complexity index is 495. The molecule has 96 valence electrons. The van der Waals surface area contributed by atoms with Crippen LogP contribution in [0.4, 0.5) is 0 Å². The number of hydrogen-bond donors (Lipinski definition) is 0. The molecule has 0 aliphatic heterocycles. The Morgan fingerprint density at radius 1 is 1.28 bits per heavy atom. The van der Waals surface area contributed by atoms with E-state index in [1.165, 1.54) is 0 Å². The molecule has 0 saturated carbocycles. The summed E-state index contributed by atoms with van der Waals surface area (Å²) in [7, 11) is 0. The molecule has 0 saturated heterocycles. The third-order valence-corrected chi connectivity index (χ3v) is 2.68. The lowest BCUT2D eigenvalue weighted by atomic mass is 10.3. The number of ether oxygens (including phenoxy) is 1. The van der Waals surface area contributed by atoms with E-state index in [0.717, 1.165) is 43.1 Å². The number of hydrogen-bond acceptors (Lipinski definition) is 4. The van der Waals surface area contributed by atoms with Crippen molar-refractivity contribution in [3.63, 3.8) is 0 Å². The number of aromatic nitrogens is 4. The van der Waals surface area contributed by atoms with Crippen LogP contribution in [0.2, 0.25) is 0 Å². The maximum Gasteiger partial charge on any atom is 0.156 e. The second-order valence-electron chi connectivity index (χ2n) is 4.06. The molecule has 0 amide bonds. The van der Waals surface area contributed by atoms with Crippen molar-refractivity contribution in [2.45, 2.75) is 33.1 Å². The van der Waals surface area contributed by atoms with Gasteiger partial charge in [0.25, 0.3) is 0 Å². The van der Waals surface area contributed by atoms with Gasteiger partial charge in [-0.2, -0.15) is 4.68 Å². The Labute approximate surface area is 107 Å². The number of tetrazole rings is 1. The van der Waals surface area contributed by atoms with Crippen LogP contribution in [0, 0.1) is 0 Å². The van der Waals surface area contributed by atoms with Crippen LogP contribution in [0.3, 0.4) is 0 Å². The minimum absolute atomic E-state index is 0.746. The first-order valence-corrected chi connectivity index (χ1v) is 6.35.